The lowest BCUT2D eigenvalue weighted by Gasteiger charge is -2.02. The molecule has 0 aliphatic rings. The first kappa shape index (κ1) is 17.2. The second kappa shape index (κ2) is 16.2. The second-order valence-electron chi connectivity index (χ2n) is 4.95. The van der Waals surface area contributed by atoms with E-state index in [0.717, 1.165) is 25.7 Å². The zero-order chi connectivity index (χ0) is 13.3. The molecule has 0 atom stereocenters. The van der Waals surface area contributed by atoms with Gasteiger partial charge in [-0.3, -0.25) is 0 Å². The van der Waals surface area contributed by atoms with E-state index in [0.29, 0.717) is 13.1 Å². The fourth-order valence-electron chi connectivity index (χ4n) is 2.12. The Bertz CT molecular complexity index is 167. The summed E-state index contributed by atoms with van der Waals surface area (Å²) in [5.41, 5.74) is 0. The summed E-state index contributed by atoms with van der Waals surface area (Å²) < 4.78 is 0. The van der Waals surface area contributed by atoms with Crippen LogP contribution in [-0.4, -0.2) is 13.1 Å². The van der Waals surface area contributed by atoms with E-state index in [4.69, 9.17) is 0 Å². The molecule has 0 aromatic rings. The molecule has 0 aromatic carbocycles. The van der Waals surface area contributed by atoms with E-state index in [1.165, 1.54) is 51.4 Å². The topological polar surface area (TPSA) is 58.9 Å². The lowest BCUT2D eigenvalue weighted by Crippen LogP contribution is -1.84. The van der Waals surface area contributed by atoms with Crippen LogP contribution in [0.25, 0.3) is 0 Å². The summed E-state index contributed by atoms with van der Waals surface area (Å²) in [4.78, 5) is 19.7. The summed E-state index contributed by atoms with van der Waals surface area (Å²) >= 11 is 0. The van der Waals surface area contributed by atoms with Gasteiger partial charge in [0.25, 0.3) is 0 Å². The van der Waals surface area contributed by atoms with Gasteiger partial charge in [-0.25, -0.2) is 0 Å². The van der Waals surface area contributed by atoms with Crippen molar-refractivity contribution in [3.05, 3.63) is 9.81 Å². The van der Waals surface area contributed by atoms with Crippen LogP contribution in [0.2, 0.25) is 0 Å². The number of nitroso groups, excluding NO2 is 2. The van der Waals surface area contributed by atoms with Crippen LogP contribution in [0.4, 0.5) is 0 Å². The second-order valence-corrected chi connectivity index (χ2v) is 4.95. The summed E-state index contributed by atoms with van der Waals surface area (Å²) in [6, 6.07) is 0. The predicted octanol–water partition coefficient (Wildman–Crippen LogP) is 5.20. The number of unbranched alkanes of at least 4 members (excludes halogenated alkanes) is 11. The Hall–Kier alpha value is -0.800. The molecule has 4 heteroatoms. The number of hydrogen-bond acceptors (Lipinski definition) is 4. The average Bonchev–Trinajstić information content (AvgIpc) is 2.39. The van der Waals surface area contributed by atoms with E-state index in [9.17, 15) is 9.81 Å². The molecule has 0 heterocycles. The van der Waals surface area contributed by atoms with Crippen molar-refractivity contribution < 1.29 is 0 Å². The van der Waals surface area contributed by atoms with Crippen LogP contribution < -0.4 is 0 Å². The molecule has 0 N–H and O–H groups in total. The van der Waals surface area contributed by atoms with Crippen LogP contribution >= 0.6 is 0 Å². The third-order valence-corrected chi connectivity index (χ3v) is 3.25. The van der Waals surface area contributed by atoms with E-state index in [-0.39, 0.29) is 0 Å². The van der Waals surface area contributed by atoms with Gasteiger partial charge in [0.1, 0.15) is 0 Å². The van der Waals surface area contributed by atoms with Gasteiger partial charge in [-0.15, -0.1) is 0 Å². The standard InChI is InChI=1S/C14H28N2O2/c17-15-13-11-9-7-5-3-1-2-4-6-8-10-12-14-16-18/h1-14H2. The van der Waals surface area contributed by atoms with Crippen molar-refractivity contribution in [2.45, 2.75) is 77.0 Å². The molecule has 18 heavy (non-hydrogen) atoms. The quantitative estimate of drug-likeness (QED) is 0.298. The molecule has 4 nitrogen and oxygen atoms in total. The Morgan fingerprint density at radius 3 is 0.833 bits per heavy atom. The molecule has 0 fully saturated rings. The molecule has 0 aliphatic carbocycles. The van der Waals surface area contributed by atoms with Crippen LogP contribution in [-0.2, 0) is 0 Å². The van der Waals surface area contributed by atoms with Crippen molar-refractivity contribution in [1.29, 1.82) is 0 Å². The van der Waals surface area contributed by atoms with E-state index >= 15 is 0 Å². The highest BCUT2D eigenvalue weighted by Gasteiger charge is 1.94. The number of nitrogens with zero attached hydrogens (tertiary/aromatic N) is 2. The van der Waals surface area contributed by atoms with Crippen molar-refractivity contribution in [2.24, 2.45) is 10.4 Å². The van der Waals surface area contributed by atoms with Crippen molar-refractivity contribution in [3.8, 4) is 0 Å². The molecule has 0 saturated heterocycles. The van der Waals surface area contributed by atoms with Crippen LogP contribution in [0, 0.1) is 9.81 Å². The lowest BCUT2D eigenvalue weighted by molar-refractivity contribution is 0.542. The highest BCUT2D eigenvalue weighted by Crippen LogP contribution is 2.11. The average molecular weight is 256 g/mol. The highest BCUT2D eigenvalue weighted by atomic mass is 16.3. The van der Waals surface area contributed by atoms with E-state index in [1.54, 1.807) is 0 Å². The van der Waals surface area contributed by atoms with Crippen molar-refractivity contribution in [1.82, 2.24) is 0 Å². The van der Waals surface area contributed by atoms with Crippen LogP contribution in [0.15, 0.2) is 10.4 Å². The van der Waals surface area contributed by atoms with Crippen LogP contribution in [0.5, 0.6) is 0 Å². The molecular weight excluding hydrogens is 228 g/mol. The monoisotopic (exact) mass is 256 g/mol. The van der Waals surface area contributed by atoms with Gasteiger partial charge in [0.2, 0.25) is 0 Å². The maximum Gasteiger partial charge on any atom is 0.0811 e. The van der Waals surface area contributed by atoms with Crippen molar-refractivity contribution in [3.63, 3.8) is 0 Å². The first-order valence-corrected chi connectivity index (χ1v) is 7.50. The minimum atomic E-state index is 0.486. The highest BCUT2D eigenvalue weighted by molar-refractivity contribution is 4.50. The predicted molar refractivity (Wildman–Crippen MR) is 76.7 cm³/mol. The minimum Gasteiger partial charge on any atom is -0.151 e. The molecule has 0 bridgehead atoms. The summed E-state index contributed by atoms with van der Waals surface area (Å²) in [6.07, 6.45) is 14.6. The first-order chi connectivity index (χ1) is 8.91. The number of rotatable bonds is 15. The van der Waals surface area contributed by atoms with Gasteiger partial charge in [0, 0.05) is 0 Å². The molecule has 0 amide bonds. The van der Waals surface area contributed by atoms with Crippen LogP contribution in [0.1, 0.15) is 77.0 Å². The summed E-state index contributed by atoms with van der Waals surface area (Å²) in [6.45, 7) is 0.971. The van der Waals surface area contributed by atoms with Gasteiger partial charge in [-0.05, 0) is 12.8 Å². The van der Waals surface area contributed by atoms with E-state index in [2.05, 4.69) is 10.4 Å². The molecule has 0 saturated carbocycles. The lowest BCUT2D eigenvalue weighted by atomic mass is 10.1. The first-order valence-electron chi connectivity index (χ1n) is 7.50. The van der Waals surface area contributed by atoms with Gasteiger partial charge in [0.15, 0.2) is 0 Å². The van der Waals surface area contributed by atoms with Crippen LogP contribution in [0.3, 0.4) is 0 Å². The zero-order valence-corrected chi connectivity index (χ0v) is 11.6. The zero-order valence-electron chi connectivity index (χ0n) is 11.6. The van der Waals surface area contributed by atoms with Gasteiger partial charge >= 0.3 is 0 Å². The summed E-state index contributed by atoms with van der Waals surface area (Å²) in [7, 11) is 0. The van der Waals surface area contributed by atoms with Gasteiger partial charge in [-0.2, -0.15) is 9.81 Å². The molecule has 0 radical (unpaired) electrons. The Morgan fingerprint density at radius 1 is 0.389 bits per heavy atom. The SMILES string of the molecule is O=NCCCCCCCCCCCCCCN=O. The number of hydrogen-bond donors (Lipinski definition) is 0. The van der Waals surface area contributed by atoms with E-state index < -0.39 is 0 Å². The minimum absolute atomic E-state index is 0.486. The maximum absolute atomic E-state index is 9.85. The third kappa shape index (κ3) is 15.2. The fourth-order valence-corrected chi connectivity index (χ4v) is 2.12. The fraction of sp³-hybridized carbons (Fsp3) is 1.00. The van der Waals surface area contributed by atoms with Crippen molar-refractivity contribution >= 4 is 0 Å². The molecular formula is C14H28N2O2. The van der Waals surface area contributed by atoms with E-state index in [1.807, 2.05) is 0 Å². The molecule has 0 aliphatic heterocycles. The van der Waals surface area contributed by atoms with Gasteiger partial charge in [0.05, 0.1) is 13.1 Å². The smallest absolute Gasteiger partial charge is 0.0811 e. The molecule has 106 valence electrons. The molecule has 0 unspecified atom stereocenters. The molecule has 0 spiro atoms. The third-order valence-electron chi connectivity index (χ3n) is 3.25. The normalized spacial score (nSPS) is 10.4. The Labute approximate surface area is 111 Å². The Kier molecular flexibility index (Phi) is 15.5. The summed E-state index contributed by atoms with van der Waals surface area (Å²) in [5.74, 6) is 0. The molecule has 0 aromatic heterocycles. The maximum atomic E-state index is 9.85. The largest absolute Gasteiger partial charge is 0.151 e. The Balaban J connectivity index is 2.90. The van der Waals surface area contributed by atoms with Gasteiger partial charge < -0.3 is 0 Å². The van der Waals surface area contributed by atoms with Gasteiger partial charge in [-0.1, -0.05) is 74.6 Å². The Morgan fingerprint density at radius 2 is 0.611 bits per heavy atom. The molecule has 0 rings (SSSR count). The summed E-state index contributed by atoms with van der Waals surface area (Å²) in [5, 5.41) is 5.71. The van der Waals surface area contributed by atoms with Crippen molar-refractivity contribution in [2.75, 3.05) is 13.1 Å².